The van der Waals surface area contributed by atoms with Crippen LogP contribution in [0.2, 0.25) is 0 Å². The quantitative estimate of drug-likeness (QED) is 0.806. The molecule has 0 saturated carbocycles. The maximum atomic E-state index is 12.8. The first-order valence-corrected chi connectivity index (χ1v) is 10.9. The minimum absolute atomic E-state index is 0.130. The summed E-state index contributed by atoms with van der Waals surface area (Å²) < 4.78 is 32.3. The molecule has 1 aliphatic rings. The molecule has 0 spiro atoms. The van der Waals surface area contributed by atoms with Crippen molar-refractivity contribution in [2.75, 3.05) is 26.3 Å². The average molecular weight is 403 g/mol. The molecule has 1 N–H and O–H groups in total. The number of hydrogen-bond acceptors (Lipinski definition) is 4. The third-order valence-corrected chi connectivity index (χ3v) is 6.79. The van der Waals surface area contributed by atoms with Gasteiger partial charge in [-0.25, -0.2) is 8.42 Å². The number of carbonyl (C=O) groups is 1. The number of morpholine rings is 1. The SMILES string of the molecule is CCC(NC(=O)c1cccc(S(=O)(=O)N2CCOCC2)c1)c1ccc(C)cc1. The van der Waals surface area contributed by atoms with Gasteiger partial charge in [-0.05, 0) is 37.1 Å². The summed E-state index contributed by atoms with van der Waals surface area (Å²) in [7, 11) is -3.64. The van der Waals surface area contributed by atoms with E-state index in [2.05, 4.69) is 5.32 Å². The van der Waals surface area contributed by atoms with E-state index in [4.69, 9.17) is 4.74 Å². The standard InChI is InChI=1S/C21H26N2O4S/c1-3-20(17-9-7-16(2)8-10-17)22-21(24)18-5-4-6-19(15-18)28(25,26)23-11-13-27-14-12-23/h4-10,15,20H,3,11-14H2,1-2H3,(H,22,24). The predicted molar refractivity (Wildman–Crippen MR) is 108 cm³/mol. The van der Waals surface area contributed by atoms with Gasteiger partial charge in [-0.3, -0.25) is 4.79 Å². The van der Waals surface area contributed by atoms with Gasteiger partial charge in [0.2, 0.25) is 10.0 Å². The molecule has 28 heavy (non-hydrogen) atoms. The smallest absolute Gasteiger partial charge is 0.251 e. The van der Waals surface area contributed by atoms with Gasteiger partial charge in [0.15, 0.2) is 0 Å². The second kappa shape index (κ2) is 8.86. The van der Waals surface area contributed by atoms with E-state index in [0.29, 0.717) is 31.9 Å². The topological polar surface area (TPSA) is 75.7 Å². The fraction of sp³-hybridized carbons (Fsp3) is 0.381. The first kappa shape index (κ1) is 20.5. The van der Waals surface area contributed by atoms with Crippen molar-refractivity contribution in [3.63, 3.8) is 0 Å². The van der Waals surface area contributed by atoms with Crippen LogP contribution in [0, 0.1) is 6.92 Å². The highest BCUT2D eigenvalue weighted by atomic mass is 32.2. The van der Waals surface area contributed by atoms with Crippen LogP contribution in [0.1, 0.15) is 40.9 Å². The summed E-state index contributed by atoms with van der Waals surface area (Å²) >= 11 is 0. The van der Waals surface area contributed by atoms with Crippen LogP contribution < -0.4 is 5.32 Å². The van der Waals surface area contributed by atoms with Crippen molar-refractivity contribution in [2.45, 2.75) is 31.2 Å². The molecule has 1 saturated heterocycles. The number of rotatable bonds is 6. The summed E-state index contributed by atoms with van der Waals surface area (Å²) in [5.74, 6) is -0.286. The first-order chi connectivity index (χ1) is 13.4. The zero-order valence-corrected chi connectivity index (χ0v) is 17.0. The Kier molecular flexibility index (Phi) is 6.49. The third-order valence-electron chi connectivity index (χ3n) is 4.90. The maximum absolute atomic E-state index is 12.8. The molecule has 1 heterocycles. The molecular formula is C21H26N2O4S. The Morgan fingerprint density at radius 3 is 2.46 bits per heavy atom. The number of hydrogen-bond donors (Lipinski definition) is 1. The van der Waals surface area contributed by atoms with Crippen molar-refractivity contribution < 1.29 is 17.9 Å². The fourth-order valence-electron chi connectivity index (χ4n) is 3.20. The molecule has 0 radical (unpaired) electrons. The highest BCUT2D eigenvalue weighted by Gasteiger charge is 2.27. The third kappa shape index (κ3) is 4.60. The number of sulfonamides is 1. The van der Waals surface area contributed by atoms with E-state index in [0.717, 1.165) is 17.5 Å². The zero-order valence-electron chi connectivity index (χ0n) is 16.2. The molecule has 1 aliphatic heterocycles. The van der Waals surface area contributed by atoms with E-state index in [9.17, 15) is 13.2 Å². The lowest BCUT2D eigenvalue weighted by Crippen LogP contribution is -2.40. The van der Waals surface area contributed by atoms with Crippen LogP contribution in [0.5, 0.6) is 0 Å². The van der Waals surface area contributed by atoms with Crippen molar-refractivity contribution >= 4 is 15.9 Å². The normalized spacial score (nSPS) is 16.5. The Hall–Kier alpha value is -2.22. The van der Waals surface area contributed by atoms with Crippen molar-refractivity contribution in [2.24, 2.45) is 0 Å². The average Bonchev–Trinajstić information content (AvgIpc) is 2.73. The minimum Gasteiger partial charge on any atom is -0.379 e. The number of nitrogens with zero attached hydrogens (tertiary/aromatic N) is 1. The van der Waals surface area contributed by atoms with Crippen molar-refractivity contribution in [1.82, 2.24) is 9.62 Å². The van der Waals surface area contributed by atoms with Gasteiger partial charge in [0, 0.05) is 18.7 Å². The van der Waals surface area contributed by atoms with Gasteiger partial charge < -0.3 is 10.1 Å². The predicted octanol–water partition coefficient (Wildman–Crippen LogP) is 2.90. The Labute approximate surface area is 166 Å². The van der Waals surface area contributed by atoms with Crippen LogP contribution in [0.3, 0.4) is 0 Å². The van der Waals surface area contributed by atoms with Gasteiger partial charge in [0.25, 0.3) is 5.91 Å². The summed E-state index contributed by atoms with van der Waals surface area (Å²) in [5.41, 5.74) is 2.52. The van der Waals surface area contributed by atoms with E-state index >= 15 is 0 Å². The van der Waals surface area contributed by atoms with E-state index in [1.54, 1.807) is 12.1 Å². The van der Waals surface area contributed by atoms with Crippen LogP contribution in [0.4, 0.5) is 0 Å². The van der Waals surface area contributed by atoms with Crippen LogP contribution >= 0.6 is 0 Å². The van der Waals surface area contributed by atoms with Gasteiger partial charge in [0.05, 0.1) is 24.2 Å². The number of nitrogens with one attached hydrogen (secondary N) is 1. The van der Waals surface area contributed by atoms with Crippen molar-refractivity contribution in [3.05, 3.63) is 65.2 Å². The number of carbonyl (C=O) groups excluding carboxylic acids is 1. The summed E-state index contributed by atoms with van der Waals surface area (Å²) in [5, 5.41) is 3.01. The van der Waals surface area contributed by atoms with E-state index in [1.807, 2.05) is 38.1 Å². The number of ether oxygens (including phenoxy) is 1. The molecule has 0 bridgehead atoms. The molecule has 1 atom stereocenters. The Morgan fingerprint density at radius 1 is 1.14 bits per heavy atom. The second-order valence-electron chi connectivity index (χ2n) is 6.89. The van der Waals surface area contributed by atoms with Crippen LogP contribution in [0.15, 0.2) is 53.4 Å². The Bertz CT molecular complexity index is 920. The molecule has 7 heteroatoms. The molecule has 2 aromatic rings. The van der Waals surface area contributed by atoms with Gasteiger partial charge in [-0.2, -0.15) is 4.31 Å². The molecule has 1 unspecified atom stereocenters. The van der Waals surface area contributed by atoms with Crippen molar-refractivity contribution in [3.8, 4) is 0 Å². The number of aryl methyl sites for hydroxylation is 1. The molecule has 0 aliphatic carbocycles. The van der Waals surface area contributed by atoms with Crippen LogP contribution in [0.25, 0.3) is 0 Å². The monoisotopic (exact) mass is 402 g/mol. The molecule has 1 fully saturated rings. The number of benzene rings is 2. The molecule has 150 valence electrons. The maximum Gasteiger partial charge on any atom is 0.251 e. The molecule has 6 nitrogen and oxygen atoms in total. The van der Waals surface area contributed by atoms with Gasteiger partial charge in [0.1, 0.15) is 0 Å². The van der Waals surface area contributed by atoms with E-state index < -0.39 is 10.0 Å². The zero-order chi connectivity index (χ0) is 20.1. The minimum atomic E-state index is -3.64. The molecule has 1 amide bonds. The second-order valence-corrected chi connectivity index (χ2v) is 8.83. The molecule has 2 aromatic carbocycles. The Morgan fingerprint density at radius 2 is 1.82 bits per heavy atom. The largest absolute Gasteiger partial charge is 0.379 e. The summed E-state index contributed by atoms with van der Waals surface area (Å²) in [4.78, 5) is 12.9. The Balaban J connectivity index is 1.78. The molecular weight excluding hydrogens is 376 g/mol. The molecule has 3 rings (SSSR count). The summed E-state index contributed by atoms with van der Waals surface area (Å²) in [6.45, 7) is 5.43. The lowest BCUT2D eigenvalue weighted by atomic mass is 10.0. The van der Waals surface area contributed by atoms with Gasteiger partial charge in [-0.15, -0.1) is 0 Å². The van der Waals surface area contributed by atoms with E-state index in [-0.39, 0.29) is 16.8 Å². The summed E-state index contributed by atoms with van der Waals surface area (Å²) in [6, 6.07) is 14.1. The van der Waals surface area contributed by atoms with Crippen molar-refractivity contribution in [1.29, 1.82) is 0 Å². The highest BCUT2D eigenvalue weighted by Crippen LogP contribution is 2.21. The van der Waals surface area contributed by atoms with Gasteiger partial charge in [-0.1, -0.05) is 42.8 Å². The first-order valence-electron chi connectivity index (χ1n) is 9.47. The van der Waals surface area contributed by atoms with Crippen LogP contribution in [-0.4, -0.2) is 44.9 Å². The lowest BCUT2D eigenvalue weighted by molar-refractivity contribution is 0.0730. The molecule has 0 aromatic heterocycles. The van der Waals surface area contributed by atoms with Crippen LogP contribution in [-0.2, 0) is 14.8 Å². The number of amides is 1. The van der Waals surface area contributed by atoms with Gasteiger partial charge >= 0.3 is 0 Å². The lowest BCUT2D eigenvalue weighted by Gasteiger charge is -2.26. The van der Waals surface area contributed by atoms with E-state index in [1.165, 1.54) is 16.4 Å². The highest BCUT2D eigenvalue weighted by molar-refractivity contribution is 7.89. The summed E-state index contributed by atoms with van der Waals surface area (Å²) in [6.07, 6.45) is 0.737. The fourth-order valence-corrected chi connectivity index (χ4v) is 4.65.